The number of nitrogens with one attached hydrogen (secondary N) is 1. The minimum atomic E-state index is -4.70. The van der Waals surface area contributed by atoms with Crippen molar-refractivity contribution in [3.05, 3.63) is 70.5 Å². The van der Waals surface area contributed by atoms with Gasteiger partial charge in [0.15, 0.2) is 0 Å². The minimum absolute atomic E-state index is 0.0629. The molecule has 3 aliphatic rings. The molecule has 0 spiro atoms. The Labute approximate surface area is 222 Å². The number of halogens is 4. The largest absolute Gasteiger partial charge is 0.416 e. The van der Waals surface area contributed by atoms with Crippen molar-refractivity contribution in [2.45, 2.75) is 56.4 Å². The topological polar surface area (TPSA) is 102 Å². The Hall–Kier alpha value is -3.47. The van der Waals surface area contributed by atoms with Crippen LogP contribution in [0.5, 0.6) is 0 Å². The van der Waals surface area contributed by atoms with Gasteiger partial charge in [-0.05, 0) is 62.4 Å². The summed E-state index contributed by atoms with van der Waals surface area (Å²) in [5.74, 6) is -2.66. The quantitative estimate of drug-likeness (QED) is 0.516. The van der Waals surface area contributed by atoms with Crippen molar-refractivity contribution in [2.75, 3.05) is 13.2 Å². The van der Waals surface area contributed by atoms with Crippen molar-refractivity contribution in [3.8, 4) is 0 Å². The van der Waals surface area contributed by atoms with E-state index in [0.717, 1.165) is 18.6 Å². The summed E-state index contributed by atoms with van der Waals surface area (Å²) in [4.78, 5) is 40.6. The first-order valence-electron chi connectivity index (χ1n) is 12.8. The molecule has 0 unspecified atom stereocenters. The molecule has 1 saturated carbocycles. The second kappa shape index (κ2) is 9.62. The number of carbonyl (C=O) groups is 3. The number of fused-ring (bicyclic) bond motifs is 1. The van der Waals surface area contributed by atoms with Gasteiger partial charge >= 0.3 is 6.18 Å². The summed E-state index contributed by atoms with van der Waals surface area (Å²) >= 11 is 0. The molecule has 0 radical (unpaired) electrons. The van der Waals surface area contributed by atoms with Gasteiger partial charge in [-0.2, -0.15) is 13.2 Å². The number of amides is 3. The van der Waals surface area contributed by atoms with Crippen molar-refractivity contribution in [3.63, 3.8) is 0 Å². The molecule has 5 rings (SSSR count). The van der Waals surface area contributed by atoms with Crippen molar-refractivity contribution in [2.24, 2.45) is 17.6 Å². The van der Waals surface area contributed by atoms with Crippen molar-refractivity contribution < 1.29 is 36.7 Å². The molecular formula is C28H29F4N3O4. The molecule has 1 aliphatic carbocycles. The second-order valence-corrected chi connectivity index (χ2v) is 11.1. The zero-order valence-corrected chi connectivity index (χ0v) is 21.4. The third-order valence-corrected chi connectivity index (χ3v) is 8.18. The van der Waals surface area contributed by atoms with E-state index in [9.17, 15) is 31.9 Å². The van der Waals surface area contributed by atoms with Gasteiger partial charge in [-0.25, -0.2) is 4.39 Å². The van der Waals surface area contributed by atoms with Crippen LogP contribution in [-0.2, 0) is 25.9 Å². The molecule has 2 aliphatic heterocycles. The number of hydrogen-bond acceptors (Lipinski definition) is 4. The fourth-order valence-electron chi connectivity index (χ4n) is 5.42. The smallest absolute Gasteiger partial charge is 0.381 e. The maximum absolute atomic E-state index is 14.9. The first-order valence-corrected chi connectivity index (χ1v) is 12.8. The van der Waals surface area contributed by atoms with Gasteiger partial charge in [-0.15, -0.1) is 0 Å². The highest BCUT2D eigenvalue weighted by atomic mass is 19.4. The molecule has 7 nitrogen and oxygen atoms in total. The van der Waals surface area contributed by atoms with Gasteiger partial charge in [0.05, 0.1) is 30.2 Å². The van der Waals surface area contributed by atoms with E-state index in [1.165, 1.54) is 4.90 Å². The van der Waals surface area contributed by atoms with Crippen molar-refractivity contribution >= 4 is 17.7 Å². The minimum Gasteiger partial charge on any atom is -0.381 e. The zero-order valence-electron chi connectivity index (χ0n) is 21.4. The molecule has 3 fully saturated rings. The molecule has 208 valence electrons. The van der Waals surface area contributed by atoms with E-state index in [0.29, 0.717) is 23.6 Å². The summed E-state index contributed by atoms with van der Waals surface area (Å²) in [5, 5.41) is 2.81. The van der Waals surface area contributed by atoms with Crippen LogP contribution in [0.2, 0.25) is 0 Å². The van der Waals surface area contributed by atoms with Gasteiger partial charge in [0.25, 0.3) is 5.91 Å². The van der Waals surface area contributed by atoms with E-state index in [2.05, 4.69) is 5.32 Å². The van der Waals surface area contributed by atoms with Crippen molar-refractivity contribution in [1.82, 2.24) is 10.2 Å². The number of nitrogens with two attached hydrogens (primary N) is 1. The highest BCUT2D eigenvalue weighted by molar-refractivity contribution is 5.99. The van der Waals surface area contributed by atoms with Crippen LogP contribution in [0.1, 0.15) is 59.8 Å². The number of alkyl halides is 3. The fraction of sp³-hybridized carbons (Fsp3) is 0.464. The van der Waals surface area contributed by atoms with Crippen LogP contribution in [-0.4, -0.2) is 47.9 Å². The number of ether oxygens (including phenoxy) is 1. The highest BCUT2D eigenvalue weighted by Gasteiger charge is 2.56. The normalized spacial score (nSPS) is 23.5. The second-order valence-electron chi connectivity index (χ2n) is 11.1. The standard InChI is InChI=1S/C28H29F4N3O4/c1-27(2,26(33)38)17-5-3-4-14(8-17)25(37)35-21-9-15(21)10-22(35)24(36)34-23(16-12-39-13-16)19-7-6-18(11-20(19)29)28(30,31)32/h3-8,11,15-16,21-23H,9-10,12-13H2,1-2H3,(H2,33,38)(H,34,36)/t15-,21-,22-,23-/m1/s1. The molecule has 0 aromatic heterocycles. The van der Waals surface area contributed by atoms with Gasteiger partial charge in [0.2, 0.25) is 11.8 Å². The molecule has 11 heteroatoms. The Bertz CT molecular complexity index is 1320. The van der Waals surface area contributed by atoms with E-state index in [4.69, 9.17) is 10.5 Å². The lowest BCUT2D eigenvalue weighted by Crippen LogP contribution is -2.51. The summed E-state index contributed by atoms with van der Waals surface area (Å²) in [6.07, 6.45) is -3.51. The van der Waals surface area contributed by atoms with Gasteiger partial charge in [0.1, 0.15) is 11.9 Å². The monoisotopic (exact) mass is 547 g/mol. The molecule has 2 saturated heterocycles. The molecule has 3 amide bonds. The van der Waals surface area contributed by atoms with Crippen LogP contribution in [0.25, 0.3) is 0 Å². The number of nitrogens with zero attached hydrogens (tertiary/aromatic N) is 1. The third-order valence-electron chi connectivity index (χ3n) is 8.18. The van der Waals surface area contributed by atoms with E-state index < -0.39 is 46.9 Å². The Morgan fingerprint density at radius 1 is 1.05 bits per heavy atom. The molecule has 2 aromatic carbocycles. The summed E-state index contributed by atoms with van der Waals surface area (Å²) in [7, 11) is 0. The van der Waals surface area contributed by atoms with E-state index in [1.54, 1.807) is 38.1 Å². The average molecular weight is 548 g/mol. The number of hydrogen-bond donors (Lipinski definition) is 2. The lowest BCUT2D eigenvalue weighted by Gasteiger charge is -2.36. The van der Waals surface area contributed by atoms with Gasteiger partial charge < -0.3 is 20.7 Å². The van der Waals surface area contributed by atoms with Gasteiger partial charge in [-0.1, -0.05) is 18.2 Å². The van der Waals surface area contributed by atoms with E-state index in [1.807, 2.05) is 0 Å². The van der Waals surface area contributed by atoms with Crippen molar-refractivity contribution in [1.29, 1.82) is 0 Å². The average Bonchev–Trinajstić information content (AvgIpc) is 3.50. The van der Waals surface area contributed by atoms with Crippen LogP contribution in [0.15, 0.2) is 42.5 Å². The zero-order chi connectivity index (χ0) is 28.3. The Morgan fingerprint density at radius 2 is 1.77 bits per heavy atom. The first-order chi connectivity index (χ1) is 18.3. The molecule has 0 bridgehead atoms. The third kappa shape index (κ3) is 4.99. The summed E-state index contributed by atoms with van der Waals surface area (Å²) in [6.45, 7) is 3.75. The van der Waals surface area contributed by atoms with Crippen LogP contribution in [0, 0.1) is 17.7 Å². The molecular weight excluding hydrogens is 518 g/mol. The summed E-state index contributed by atoms with van der Waals surface area (Å²) < 4.78 is 59.3. The van der Waals surface area contributed by atoms with E-state index in [-0.39, 0.29) is 42.6 Å². The van der Waals surface area contributed by atoms with Crippen LogP contribution in [0.4, 0.5) is 17.6 Å². The Balaban J connectivity index is 1.39. The number of rotatable bonds is 7. The SMILES string of the molecule is CC(C)(C(N)=O)c1cccc(C(=O)N2[C@@H](C(=O)N[C@@H](c3ccc(C(F)(F)F)cc3F)C3COC3)C[C@H]3C[C@H]32)c1. The summed E-state index contributed by atoms with van der Waals surface area (Å²) in [6, 6.07) is 6.98. The fourth-order valence-corrected chi connectivity index (χ4v) is 5.42. The number of benzene rings is 2. The highest BCUT2D eigenvalue weighted by Crippen LogP contribution is 2.49. The number of likely N-dealkylation sites (tertiary alicyclic amines) is 1. The number of piperidine rings is 1. The Kier molecular flexibility index (Phi) is 6.69. The lowest BCUT2D eigenvalue weighted by atomic mass is 9.83. The summed E-state index contributed by atoms with van der Waals surface area (Å²) in [5.41, 5.74) is 4.22. The van der Waals surface area contributed by atoms with Gasteiger partial charge in [0, 0.05) is 23.1 Å². The van der Waals surface area contributed by atoms with Crippen LogP contribution < -0.4 is 11.1 Å². The molecule has 3 N–H and O–H groups in total. The van der Waals surface area contributed by atoms with E-state index >= 15 is 0 Å². The first kappa shape index (κ1) is 27.1. The predicted molar refractivity (Wildman–Crippen MR) is 132 cm³/mol. The molecule has 4 atom stereocenters. The van der Waals surface area contributed by atoms with Crippen LogP contribution >= 0.6 is 0 Å². The predicted octanol–water partition coefficient (Wildman–Crippen LogP) is 3.71. The molecule has 2 heterocycles. The number of carbonyl (C=O) groups excluding carboxylic acids is 3. The molecule has 2 aromatic rings. The Morgan fingerprint density at radius 3 is 2.36 bits per heavy atom. The number of primary amides is 1. The lowest BCUT2D eigenvalue weighted by molar-refractivity contribution is -0.138. The van der Waals surface area contributed by atoms with Crippen LogP contribution in [0.3, 0.4) is 0 Å². The van der Waals surface area contributed by atoms with Gasteiger partial charge in [-0.3, -0.25) is 14.4 Å². The molecule has 39 heavy (non-hydrogen) atoms. The maximum Gasteiger partial charge on any atom is 0.416 e. The maximum atomic E-state index is 14.9.